The predicted octanol–water partition coefficient (Wildman–Crippen LogP) is 13.2. The second kappa shape index (κ2) is 29.3. The minimum Gasteiger partial charge on any atom is -0.444 e. The fourth-order valence-corrected chi connectivity index (χ4v) is 8.16. The van der Waals surface area contributed by atoms with E-state index in [1.54, 1.807) is 26.8 Å². The molecule has 1 aliphatic heterocycles. The van der Waals surface area contributed by atoms with E-state index in [-0.39, 0.29) is 26.2 Å². The summed E-state index contributed by atoms with van der Waals surface area (Å²) in [6, 6.07) is 38.9. The first-order valence-electron chi connectivity index (χ1n) is 24.2. The Morgan fingerprint density at radius 3 is 1.52 bits per heavy atom. The number of halogens is 1. The molecule has 4 aromatic carbocycles. The quantitative estimate of drug-likeness (QED) is 0.0429. The van der Waals surface area contributed by atoms with Crippen molar-refractivity contribution >= 4 is 6.09 Å². The molecular formula is C56H76FNO7. The van der Waals surface area contributed by atoms with Gasteiger partial charge in [0.25, 0.3) is 0 Å². The largest absolute Gasteiger partial charge is 0.444 e. The van der Waals surface area contributed by atoms with Crippen LogP contribution < -0.4 is 5.32 Å². The molecular weight excluding hydrogens is 818 g/mol. The Kier molecular flexibility index (Phi) is 23.3. The van der Waals surface area contributed by atoms with Gasteiger partial charge in [0, 0.05) is 0 Å². The van der Waals surface area contributed by atoms with Crippen LogP contribution in [0.25, 0.3) is 0 Å². The predicted molar refractivity (Wildman–Crippen MR) is 258 cm³/mol. The van der Waals surface area contributed by atoms with E-state index in [1.807, 2.05) is 127 Å². The fourth-order valence-electron chi connectivity index (χ4n) is 8.16. The maximum atomic E-state index is 16.8. The van der Waals surface area contributed by atoms with Crippen molar-refractivity contribution in [2.24, 2.45) is 0 Å². The molecule has 0 aliphatic carbocycles. The van der Waals surface area contributed by atoms with E-state index < -0.39 is 54.4 Å². The number of nitrogens with one attached hydrogen (secondary N) is 1. The van der Waals surface area contributed by atoms with E-state index in [9.17, 15) is 4.79 Å². The molecule has 354 valence electrons. The third-order valence-electron chi connectivity index (χ3n) is 11.6. The van der Waals surface area contributed by atoms with Gasteiger partial charge in [-0.1, -0.05) is 198 Å². The molecule has 1 heterocycles. The molecule has 1 saturated heterocycles. The van der Waals surface area contributed by atoms with E-state index in [1.165, 1.54) is 51.4 Å². The van der Waals surface area contributed by atoms with Crippen LogP contribution in [-0.2, 0) is 54.8 Å². The lowest BCUT2D eigenvalue weighted by molar-refractivity contribution is -0.274. The van der Waals surface area contributed by atoms with Crippen LogP contribution in [0.15, 0.2) is 133 Å². The SMILES string of the molecule is CCCCCCCCCCCCC=C[C@@H](F)[C@H](C[C@H]1O[C@H](COCc2ccccc2)[C@H](OCc2ccccc2)[C@H](OCc2ccccc2)[C@H]1OCc1ccccc1)NC(=O)OC(C)(C)C. The van der Waals surface area contributed by atoms with Gasteiger partial charge in [-0.3, -0.25) is 0 Å². The zero-order valence-corrected chi connectivity index (χ0v) is 39.5. The molecule has 1 amide bonds. The Hall–Kier alpha value is -4.38. The van der Waals surface area contributed by atoms with E-state index in [4.69, 9.17) is 28.4 Å². The summed E-state index contributed by atoms with van der Waals surface area (Å²) in [7, 11) is 0. The standard InChI is InChI=1S/C56H76FNO7/c1-5-6-7-8-9-10-11-12-13-14-15-28-37-48(57)49(58-55(59)65-56(2,3)4)38-50-52(61-40-45-31-22-17-23-32-45)54(63-42-47-35-26-19-27-36-47)53(62-41-46-33-24-18-25-34-46)51(64-50)43-60-39-44-29-20-16-21-30-44/h16-37,48-54H,5-15,38-43H2,1-4H3,(H,58,59)/t48-,49+,50-,51-,52+,53+,54-/m1/s1. The number of hydrogen-bond acceptors (Lipinski definition) is 7. The van der Waals surface area contributed by atoms with Crippen LogP contribution in [0.4, 0.5) is 9.18 Å². The highest BCUT2D eigenvalue weighted by atomic mass is 19.1. The number of carbonyl (C=O) groups excluding carboxylic acids is 1. The van der Waals surface area contributed by atoms with Gasteiger partial charge >= 0.3 is 6.09 Å². The van der Waals surface area contributed by atoms with Crippen molar-refractivity contribution in [3.63, 3.8) is 0 Å². The zero-order chi connectivity index (χ0) is 46.0. The molecule has 0 bridgehead atoms. The van der Waals surface area contributed by atoms with Gasteiger partial charge in [-0.2, -0.15) is 0 Å². The third-order valence-corrected chi connectivity index (χ3v) is 11.6. The second-order valence-corrected chi connectivity index (χ2v) is 18.3. The number of alkyl halides is 1. The van der Waals surface area contributed by atoms with Gasteiger partial charge < -0.3 is 33.7 Å². The summed E-state index contributed by atoms with van der Waals surface area (Å²) < 4.78 is 56.6. The highest BCUT2D eigenvalue weighted by molar-refractivity contribution is 5.68. The van der Waals surface area contributed by atoms with Crippen LogP contribution in [0.1, 0.15) is 127 Å². The van der Waals surface area contributed by atoms with Gasteiger partial charge in [0.15, 0.2) is 0 Å². The lowest BCUT2D eigenvalue weighted by Gasteiger charge is -2.47. The maximum absolute atomic E-state index is 16.8. The monoisotopic (exact) mass is 894 g/mol. The average Bonchev–Trinajstić information content (AvgIpc) is 3.31. The Balaban J connectivity index is 1.41. The summed E-state index contributed by atoms with van der Waals surface area (Å²) in [6.07, 6.45) is 11.0. The summed E-state index contributed by atoms with van der Waals surface area (Å²) >= 11 is 0. The van der Waals surface area contributed by atoms with Gasteiger partial charge in [0.1, 0.15) is 36.2 Å². The van der Waals surface area contributed by atoms with Crippen molar-refractivity contribution in [2.45, 2.75) is 180 Å². The number of rotatable bonds is 29. The number of unbranched alkanes of at least 4 members (excludes halogenated alkanes) is 10. The Morgan fingerprint density at radius 1 is 0.615 bits per heavy atom. The van der Waals surface area contributed by atoms with E-state index in [0.717, 1.165) is 41.5 Å². The molecule has 0 aromatic heterocycles. The second-order valence-electron chi connectivity index (χ2n) is 18.3. The first kappa shape index (κ1) is 51.6. The van der Waals surface area contributed by atoms with Crippen molar-refractivity contribution in [3.05, 3.63) is 156 Å². The molecule has 8 nitrogen and oxygen atoms in total. The molecule has 0 unspecified atom stereocenters. The zero-order valence-electron chi connectivity index (χ0n) is 39.5. The smallest absolute Gasteiger partial charge is 0.407 e. The minimum atomic E-state index is -1.53. The molecule has 0 radical (unpaired) electrons. The van der Waals surface area contributed by atoms with Crippen LogP contribution in [0.3, 0.4) is 0 Å². The van der Waals surface area contributed by atoms with E-state index in [0.29, 0.717) is 13.2 Å². The number of hydrogen-bond donors (Lipinski definition) is 1. The highest BCUT2D eigenvalue weighted by Crippen LogP contribution is 2.34. The third kappa shape index (κ3) is 19.9. The van der Waals surface area contributed by atoms with Gasteiger partial charge in [0.05, 0.1) is 45.2 Å². The van der Waals surface area contributed by atoms with Crippen molar-refractivity contribution < 1.29 is 37.6 Å². The lowest BCUT2D eigenvalue weighted by Crippen LogP contribution is -2.62. The molecule has 1 fully saturated rings. The van der Waals surface area contributed by atoms with Crippen molar-refractivity contribution in [3.8, 4) is 0 Å². The van der Waals surface area contributed by atoms with Crippen LogP contribution in [0.5, 0.6) is 0 Å². The summed E-state index contributed by atoms with van der Waals surface area (Å²) in [5.41, 5.74) is 3.18. The van der Waals surface area contributed by atoms with Gasteiger partial charge in [-0.05, 0) is 62.3 Å². The highest BCUT2D eigenvalue weighted by Gasteiger charge is 2.49. The molecule has 9 heteroatoms. The number of amides is 1. The summed E-state index contributed by atoms with van der Waals surface area (Å²) in [4.78, 5) is 13.5. The molecule has 0 saturated carbocycles. The van der Waals surface area contributed by atoms with Crippen LogP contribution in [0, 0.1) is 0 Å². The Morgan fingerprint density at radius 2 is 1.05 bits per heavy atom. The van der Waals surface area contributed by atoms with Crippen LogP contribution in [0.2, 0.25) is 0 Å². The Bertz CT molecular complexity index is 1860. The number of alkyl carbamates (subject to hydrolysis) is 1. The van der Waals surface area contributed by atoms with Crippen molar-refractivity contribution in [1.82, 2.24) is 5.32 Å². The molecule has 1 N–H and O–H groups in total. The van der Waals surface area contributed by atoms with Gasteiger partial charge in [0.2, 0.25) is 0 Å². The normalized spacial score (nSPS) is 19.8. The fraction of sp³-hybridized carbons (Fsp3) is 0.518. The molecule has 5 rings (SSSR count). The van der Waals surface area contributed by atoms with Crippen LogP contribution >= 0.6 is 0 Å². The van der Waals surface area contributed by atoms with Crippen LogP contribution in [-0.4, -0.2) is 61.0 Å². The first-order valence-corrected chi connectivity index (χ1v) is 24.2. The minimum absolute atomic E-state index is 0.0637. The van der Waals surface area contributed by atoms with Gasteiger partial charge in [-0.25, -0.2) is 9.18 Å². The van der Waals surface area contributed by atoms with Crippen molar-refractivity contribution in [2.75, 3.05) is 6.61 Å². The molecule has 0 spiro atoms. The Labute approximate surface area is 389 Å². The van der Waals surface area contributed by atoms with E-state index >= 15 is 4.39 Å². The summed E-state index contributed by atoms with van der Waals surface area (Å²) in [5, 5.41) is 2.89. The molecule has 65 heavy (non-hydrogen) atoms. The lowest BCUT2D eigenvalue weighted by atomic mass is 9.89. The number of allylic oxidation sites excluding steroid dienone is 1. The van der Waals surface area contributed by atoms with Gasteiger partial charge in [-0.15, -0.1) is 0 Å². The van der Waals surface area contributed by atoms with Crippen molar-refractivity contribution in [1.29, 1.82) is 0 Å². The maximum Gasteiger partial charge on any atom is 0.407 e. The molecule has 1 aliphatic rings. The topological polar surface area (TPSA) is 84.5 Å². The average molecular weight is 894 g/mol. The molecule has 4 aromatic rings. The number of carbonyl (C=O) groups is 1. The number of ether oxygens (including phenoxy) is 6. The molecule has 7 atom stereocenters. The summed E-state index contributed by atoms with van der Waals surface area (Å²) in [6.45, 7) is 8.98. The number of benzene rings is 4. The first-order chi connectivity index (χ1) is 31.7. The summed E-state index contributed by atoms with van der Waals surface area (Å²) in [5.74, 6) is 0. The van der Waals surface area contributed by atoms with E-state index in [2.05, 4.69) is 12.2 Å².